The molecule has 3 nitrogen and oxygen atoms in total. The van der Waals surface area contributed by atoms with Gasteiger partial charge in [-0.2, -0.15) is 0 Å². The number of allylic oxidation sites excluding steroid dienone is 6. The fourth-order valence-corrected chi connectivity index (χ4v) is 8.39. The van der Waals surface area contributed by atoms with Crippen molar-refractivity contribution in [1.29, 1.82) is 0 Å². The van der Waals surface area contributed by atoms with Crippen molar-refractivity contribution in [3.05, 3.63) is 65.8 Å². The monoisotopic (exact) mass is 448 g/mol. The summed E-state index contributed by atoms with van der Waals surface area (Å²) >= 11 is 1.35. The highest BCUT2D eigenvalue weighted by Gasteiger charge is 2.68. The summed E-state index contributed by atoms with van der Waals surface area (Å²) in [7, 11) is 0. The summed E-state index contributed by atoms with van der Waals surface area (Å²) in [4.78, 5) is 26.4. The second-order valence-electron chi connectivity index (χ2n) is 10.5. The van der Waals surface area contributed by atoms with E-state index in [9.17, 15) is 9.59 Å². The van der Waals surface area contributed by atoms with Gasteiger partial charge in [0.2, 0.25) is 0 Å². The van der Waals surface area contributed by atoms with Crippen LogP contribution in [-0.2, 0) is 13.8 Å². The van der Waals surface area contributed by atoms with E-state index in [1.807, 2.05) is 36.4 Å². The number of rotatable bonds is 4. The minimum atomic E-state index is -0.810. The third-order valence-electron chi connectivity index (χ3n) is 9.02. The molecule has 0 saturated heterocycles. The summed E-state index contributed by atoms with van der Waals surface area (Å²) in [5.74, 6) is 1.20. The van der Waals surface area contributed by atoms with E-state index < -0.39 is 5.60 Å². The number of fused-ring (bicyclic) bond motifs is 5. The van der Waals surface area contributed by atoms with Crippen molar-refractivity contribution >= 4 is 23.6 Å². The Labute approximate surface area is 195 Å². The molecule has 1 aromatic rings. The maximum absolute atomic E-state index is 13.3. The lowest BCUT2D eigenvalue weighted by Gasteiger charge is -2.54. The number of hydrogen-bond acceptors (Lipinski definition) is 4. The average Bonchev–Trinajstić information content (AvgIpc) is 3.00. The molecule has 0 bridgehead atoms. The molecule has 32 heavy (non-hydrogen) atoms. The highest BCUT2D eigenvalue weighted by Crippen LogP contribution is 2.68. The highest BCUT2D eigenvalue weighted by molar-refractivity contribution is 7.94. The third-order valence-corrected chi connectivity index (χ3v) is 9.83. The summed E-state index contributed by atoms with van der Waals surface area (Å²) in [6.45, 7) is 8.47. The molecule has 2 fully saturated rings. The molecule has 0 heterocycles. The average molecular weight is 449 g/mol. The first-order valence-corrected chi connectivity index (χ1v) is 12.5. The van der Waals surface area contributed by atoms with Gasteiger partial charge in [-0.25, -0.2) is 0 Å². The summed E-state index contributed by atoms with van der Waals surface area (Å²) in [6.07, 6.45) is 11.9. The van der Waals surface area contributed by atoms with Crippen LogP contribution in [0.25, 0.3) is 0 Å². The number of benzene rings is 1. The molecule has 0 spiro atoms. The van der Waals surface area contributed by atoms with Crippen molar-refractivity contribution in [3.63, 3.8) is 0 Å². The zero-order valence-electron chi connectivity index (χ0n) is 19.4. The molecule has 0 amide bonds. The molecule has 4 heteroatoms. The van der Waals surface area contributed by atoms with Crippen molar-refractivity contribution < 1.29 is 13.8 Å². The fraction of sp³-hybridized carbons (Fsp3) is 0.500. The first-order chi connectivity index (χ1) is 15.2. The highest BCUT2D eigenvalue weighted by atomic mass is 32.2. The van der Waals surface area contributed by atoms with Gasteiger partial charge >= 0.3 is 0 Å². The van der Waals surface area contributed by atoms with Crippen LogP contribution >= 0.6 is 12.0 Å². The van der Waals surface area contributed by atoms with Crippen LogP contribution in [0.15, 0.2) is 70.7 Å². The van der Waals surface area contributed by atoms with Crippen molar-refractivity contribution in [3.8, 4) is 0 Å². The topological polar surface area (TPSA) is 43.4 Å². The largest absolute Gasteiger partial charge is 0.297 e. The van der Waals surface area contributed by atoms with Gasteiger partial charge in [-0.1, -0.05) is 55.3 Å². The fourth-order valence-electron chi connectivity index (χ4n) is 7.43. The van der Waals surface area contributed by atoms with E-state index in [1.54, 1.807) is 13.0 Å². The quantitative estimate of drug-likeness (QED) is 0.389. The smallest absolute Gasteiger partial charge is 0.178 e. The van der Waals surface area contributed by atoms with Crippen LogP contribution in [0.5, 0.6) is 0 Å². The molecule has 0 N–H and O–H groups in total. The normalized spacial score (nSPS) is 40.1. The number of carbonyl (C=O) groups excluding carboxylic acids is 2. The van der Waals surface area contributed by atoms with Gasteiger partial charge in [0.15, 0.2) is 11.6 Å². The van der Waals surface area contributed by atoms with Gasteiger partial charge in [0.05, 0.1) is 0 Å². The van der Waals surface area contributed by atoms with Crippen LogP contribution in [0, 0.1) is 28.6 Å². The molecule has 4 aliphatic carbocycles. The summed E-state index contributed by atoms with van der Waals surface area (Å²) in [5.41, 5.74) is 1.47. The van der Waals surface area contributed by atoms with Gasteiger partial charge in [0.1, 0.15) is 5.60 Å². The van der Waals surface area contributed by atoms with Crippen molar-refractivity contribution in [2.24, 2.45) is 28.6 Å². The summed E-state index contributed by atoms with van der Waals surface area (Å²) in [6, 6.07) is 10.1. The molecule has 0 aromatic heterocycles. The van der Waals surface area contributed by atoms with Gasteiger partial charge in [-0.3, -0.25) is 13.8 Å². The van der Waals surface area contributed by atoms with Gasteiger partial charge in [0.25, 0.3) is 0 Å². The van der Waals surface area contributed by atoms with E-state index in [-0.39, 0.29) is 28.3 Å². The Bertz CT molecular complexity index is 1050. The number of ketones is 2. The van der Waals surface area contributed by atoms with Crippen molar-refractivity contribution in [2.45, 2.75) is 63.9 Å². The van der Waals surface area contributed by atoms with E-state index in [0.717, 1.165) is 30.6 Å². The standard InChI is InChI=1S/C28H32O3S/c1-18-16-25-23-11-10-20-17-21(30)12-14-26(20,3)24(23)13-15-27(25,4)28(18,19(2)29)31-32-22-8-6-5-7-9-22/h5-9,12-14,17-18,23,25H,10-11,15-16H2,1-4H3/t18-,23+,25-,26-,27-,28-/m0/s1. The first-order valence-electron chi connectivity index (χ1n) is 11.8. The molecule has 1 aromatic carbocycles. The molecule has 2 saturated carbocycles. The zero-order chi connectivity index (χ0) is 22.7. The molecule has 0 unspecified atom stereocenters. The van der Waals surface area contributed by atoms with Gasteiger partial charge in [0, 0.05) is 27.8 Å². The minimum absolute atomic E-state index is 0.105. The number of Topliss-reactive ketones (excluding diaryl/α,β-unsaturated/α-hetero) is 1. The van der Waals surface area contributed by atoms with Crippen molar-refractivity contribution in [2.75, 3.05) is 0 Å². The minimum Gasteiger partial charge on any atom is -0.297 e. The summed E-state index contributed by atoms with van der Waals surface area (Å²) in [5, 5.41) is 0. The third kappa shape index (κ3) is 2.92. The van der Waals surface area contributed by atoms with Crippen molar-refractivity contribution in [1.82, 2.24) is 0 Å². The van der Waals surface area contributed by atoms with E-state index >= 15 is 0 Å². The Hall–Kier alpha value is -1.91. The SMILES string of the molecule is CC(=O)[C@@]1(OSc2ccccc2)[C@@H](C)C[C@H]2[C@@H]3CCC4=CC(=O)C=C[C@]4(C)C3=CC[C@@]21C. The predicted octanol–water partition coefficient (Wildman–Crippen LogP) is 6.51. The van der Waals surface area contributed by atoms with Gasteiger partial charge in [-0.15, -0.1) is 0 Å². The lowest BCUT2D eigenvalue weighted by Crippen LogP contribution is -2.56. The Morgan fingerprint density at radius 1 is 1.19 bits per heavy atom. The van der Waals surface area contributed by atoms with Gasteiger partial charge in [-0.05, 0) is 81.6 Å². The Morgan fingerprint density at radius 3 is 2.66 bits per heavy atom. The Balaban J connectivity index is 1.53. The molecule has 6 atom stereocenters. The molecule has 0 radical (unpaired) electrons. The molecule has 0 aliphatic heterocycles. The Kier molecular flexibility index (Phi) is 5.18. The molecular formula is C28H32O3S. The van der Waals surface area contributed by atoms with E-state index in [1.165, 1.54) is 23.2 Å². The van der Waals surface area contributed by atoms with Crippen LogP contribution in [0.2, 0.25) is 0 Å². The summed E-state index contributed by atoms with van der Waals surface area (Å²) < 4.78 is 6.62. The molecule has 4 aliphatic rings. The van der Waals surface area contributed by atoms with E-state index in [4.69, 9.17) is 4.18 Å². The Morgan fingerprint density at radius 2 is 1.94 bits per heavy atom. The molecule has 168 valence electrons. The number of carbonyl (C=O) groups is 2. The zero-order valence-corrected chi connectivity index (χ0v) is 20.2. The molecular weight excluding hydrogens is 416 g/mol. The maximum Gasteiger partial charge on any atom is 0.178 e. The van der Waals surface area contributed by atoms with Crippen LogP contribution in [0.1, 0.15) is 53.4 Å². The van der Waals surface area contributed by atoms with Crippen LogP contribution in [-0.4, -0.2) is 17.2 Å². The second-order valence-corrected chi connectivity index (χ2v) is 11.4. The van der Waals surface area contributed by atoms with E-state index in [0.29, 0.717) is 11.8 Å². The number of hydrogen-bond donors (Lipinski definition) is 0. The van der Waals surface area contributed by atoms with E-state index in [2.05, 4.69) is 32.9 Å². The van der Waals surface area contributed by atoms with Crippen LogP contribution < -0.4 is 0 Å². The molecule has 5 rings (SSSR count). The second kappa shape index (κ2) is 7.56. The van der Waals surface area contributed by atoms with Crippen LogP contribution in [0.3, 0.4) is 0 Å². The lowest BCUT2D eigenvalue weighted by molar-refractivity contribution is -0.147. The maximum atomic E-state index is 13.3. The lowest BCUT2D eigenvalue weighted by atomic mass is 9.51. The van der Waals surface area contributed by atoms with Gasteiger partial charge < -0.3 is 0 Å². The predicted molar refractivity (Wildman–Crippen MR) is 128 cm³/mol. The van der Waals surface area contributed by atoms with Crippen LogP contribution in [0.4, 0.5) is 0 Å². The first kappa shape index (κ1) is 21.9.